The maximum absolute atomic E-state index is 13.0. The van der Waals surface area contributed by atoms with Gasteiger partial charge in [0.15, 0.2) is 0 Å². The fourth-order valence-electron chi connectivity index (χ4n) is 4.39. The smallest absolute Gasteiger partial charge is 0.228 e. The van der Waals surface area contributed by atoms with Gasteiger partial charge >= 0.3 is 0 Å². The van der Waals surface area contributed by atoms with E-state index in [1.807, 2.05) is 12.1 Å². The molecule has 0 radical (unpaired) electrons. The highest BCUT2D eigenvalue weighted by Crippen LogP contribution is 2.37. The van der Waals surface area contributed by atoms with E-state index in [1.54, 1.807) is 7.11 Å². The predicted octanol–water partition coefficient (Wildman–Crippen LogP) is 3.15. The predicted molar refractivity (Wildman–Crippen MR) is 102 cm³/mol. The Balaban J connectivity index is 1.53. The number of methoxy groups -OCH3 is 1. The van der Waals surface area contributed by atoms with Gasteiger partial charge in [-0.1, -0.05) is 36.4 Å². The number of carbonyl (C=O) groups excluding carboxylic acids is 1. The molecule has 26 heavy (non-hydrogen) atoms. The van der Waals surface area contributed by atoms with Gasteiger partial charge in [0.05, 0.1) is 12.5 Å². The third-order valence-electron chi connectivity index (χ3n) is 5.79. The van der Waals surface area contributed by atoms with Crippen LogP contribution in [0.4, 0.5) is 0 Å². The Kier molecular flexibility index (Phi) is 4.68. The fourth-order valence-corrected chi connectivity index (χ4v) is 4.39. The summed E-state index contributed by atoms with van der Waals surface area (Å²) in [7, 11) is 1.69. The zero-order chi connectivity index (χ0) is 18.0. The van der Waals surface area contributed by atoms with E-state index >= 15 is 0 Å². The van der Waals surface area contributed by atoms with Crippen LogP contribution in [0.1, 0.15) is 29.5 Å². The topological polar surface area (TPSA) is 41.6 Å². The van der Waals surface area contributed by atoms with Crippen LogP contribution in [-0.2, 0) is 24.3 Å². The van der Waals surface area contributed by atoms with E-state index < -0.39 is 0 Å². The molecular formula is C22H26N2O2. The Labute approximate surface area is 155 Å². The summed E-state index contributed by atoms with van der Waals surface area (Å²) in [6.07, 6.45) is 2.87. The first-order valence-electron chi connectivity index (χ1n) is 9.39. The summed E-state index contributed by atoms with van der Waals surface area (Å²) < 4.78 is 5.24. The highest BCUT2D eigenvalue weighted by atomic mass is 16.5. The van der Waals surface area contributed by atoms with Gasteiger partial charge in [0.2, 0.25) is 5.91 Å². The number of hydrogen-bond donors (Lipinski definition) is 1. The van der Waals surface area contributed by atoms with E-state index in [-0.39, 0.29) is 11.3 Å². The molecule has 2 aromatic carbocycles. The van der Waals surface area contributed by atoms with Crippen molar-refractivity contribution in [1.82, 2.24) is 10.2 Å². The molecule has 2 aliphatic heterocycles. The lowest BCUT2D eigenvalue weighted by Crippen LogP contribution is -2.51. The number of hydrogen-bond acceptors (Lipinski definition) is 3. The summed E-state index contributed by atoms with van der Waals surface area (Å²) in [6.45, 7) is 3.39. The number of carbonyl (C=O) groups is 1. The van der Waals surface area contributed by atoms with E-state index in [1.165, 1.54) is 16.7 Å². The highest BCUT2D eigenvalue weighted by Gasteiger charge is 2.43. The normalized spacial score (nSPS) is 23.2. The van der Waals surface area contributed by atoms with Gasteiger partial charge in [0, 0.05) is 19.6 Å². The van der Waals surface area contributed by atoms with Crippen molar-refractivity contribution in [3.05, 3.63) is 65.2 Å². The van der Waals surface area contributed by atoms with Crippen LogP contribution in [0.2, 0.25) is 0 Å². The fraction of sp³-hybridized carbons (Fsp3) is 0.409. The number of piperidine rings is 1. The third kappa shape index (κ3) is 3.34. The Morgan fingerprint density at radius 2 is 1.88 bits per heavy atom. The summed E-state index contributed by atoms with van der Waals surface area (Å²) in [5, 5.41) is 3.18. The molecule has 2 aromatic rings. The molecule has 1 atom stereocenters. The van der Waals surface area contributed by atoms with Crippen molar-refractivity contribution in [3.8, 4) is 5.75 Å². The summed E-state index contributed by atoms with van der Waals surface area (Å²) in [5.74, 6) is 1.09. The summed E-state index contributed by atoms with van der Waals surface area (Å²) in [5.41, 5.74) is 3.52. The molecule has 1 amide bonds. The van der Waals surface area contributed by atoms with Crippen LogP contribution in [0.15, 0.2) is 48.5 Å². The van der Waals surface area contributed by atoms with E-state index in [4.69, 9.17) is 4.74 Å². The van der Waals surface area contributed by atoms with Crippen molar-refractivity contribution < 1.29 is 9.53 Å². The van der Waals surface area contributed by atoms with Gasteiger partial charge in [-0.2, -0.15) is 0 Å². The first-order valence-corrected chi connectivity index (χ1v) is 9.39. The number of fused-ring (bicyclic) bond motifs is 1. The van der Waals surface area contributed by atoms with Gasteiger partial charge in [-0.25, -0.2) is 0 Å². The van der Waals surface area contributed by atoms with Crippen LogP contribution in [0, 0.1) is 5.41 Å². The molecule has 4 heteroatoms. The number of benzene rings is 2. The Morgan fingerprint density at radius 3 is 2.65 bits per heavy atom. The van der Waals surface area contributed by atoms with Crippen LogP contribution < -0.4 is 10.1 Å². The lowest BCUT2D eigenvalue weighted by molar-refractivity contribution is -0.134. The molecule has 1 unspecified atom stereocenters. The van der Waals surface area contributed by atoms with Gasteiger partial charge < -0.3 is 10.1 Å². The van der Waals surface area contributed by atoms with E-state index in [2.05, 4.69) is 46.6 Å². The number of nitrogens with zero attached hydrogens (tertiary/aromatic N) is 1. The van der Waals surface area contributed by atoms with Crippen LogP contribution in [0.25, 0.3) is 0 Å². The Bertz CT molecular complexity index is 787. The molecule has 2 aliphatic rings. The van der Waals surface area contributed by atoms with Crippen LogP contribution in [0.5, 0.6) is 5.75 Å². The molecule has 1 N–H and O–H groups in total. The summed E-state index contributed by atoms with van der Waals surface area (Å²) >= 11 is 0. The summed E-state index contributed by atoms with van der Waals surface area (Å²) in [6, 6.07) is 16.7. The lowest BCUT2D eigenvalue weighted by atomic mass is 9.74. The maximum Gasteiger partial charge on any atom is 0.228 e. The molecular weight excluding hydrogens is 324 g/mol. The highest BCUT2D eigenvalue weighted by molar-refractivity contribution is 5.84. The van der Waals surface area contributed by atoms with Crippen molar-refractivity contribution in [2.75, 3.05) is 20.2 Å². The Morgan fingerprint density at radius 1 is 1.12 bits per heavy atom. The van der Waals surface area contributed by atoms with Crippen LogP contribution >= 0.6 is 0 Å². The lowest BCUT2D eigenvalue weighted by Gasteiger charge is -2.41. The van der Waals surface area contributed by atoms with Gasteiger partial charge in [0.25, 0.3) is 0 Å². The van der Waals surface area contributed by atoms with Gasteiger partial charge in [-0.05, 0) is 54.6 Å². The first kappa shape index (κ1) is 17.1. The van der Waals surface area contributed by atoms with Gasteiger partial charge in [0.1, 0.15) is 5.75 Å². The molecule has 0 aliphatic carbocycles. The molecule has 1 spiro atoms. The molecule has 4 nitrogen and oxygen atoms in total. The molecule has 2 heterocycles. The minimum Gasteiger partial charge on any atom is -0.497 e. The number of nitrogens with one attached hydrogen (secondary N) is 1. The standard InChI is InChI=1S/C22H26N2O2/c1-26-20-9-7-17(8-10-20)15-24-12-4-11-22(16-24)13-18-5-2-3-6-19(18)14-23-21(22)25/h2-3,5-10H,4,11-16H2,1H3,(H,23,25). The van der Waals surface area contributed by atoms with Gasteiger partial charge in [-0.3, -0.25) is 9.69 Å². The zero-order valence-electron chi connectivity index (χ0n) is 15.3. The maximum atomic E-state index is 13.0. The molecule has 0 bridgehead atoms. The minimum absolute atomic E-state index is 0.216. The minimum atomic E-state index is -0.308. The average Bonchev–Trinajstić information content (AvgIpc) is 2.80. The first-order chi connectivity index (χ1) is 12.7. The number of ether oxygens (including phenoxy) is 1. The molecule has 4 rings (SSSR count). The second kappa shape index (κ2) is 7.12. The van der Waals surface area contributed by atoms with Crippen molar-refractivity contribution >= 4 is 5.91 Å². The van der Waals surface area contributed by atoms with Crippen LogP contribution in [-0.4, -0.2) is 31.0 Å². The number of likely N-dealkylation sites (tertiary alicyclic amines) is 1. The van der Waals surface area contributed by atoms with Crippen LogP contribution in [0.3, 0.4) is 0 Å². The molecule has 0 saturated carbocycles. The van der Waals surface area contributed by atoms with Crippen molar-refractivity contribution in [2.24, 2.45) is 5.41 Å². The van der Waals surface area contributed by atoms with E-state index in [0.717, 1.165) is 44.6 Å². The number of rotatable bonds is 3. The third-order valence-corrected chi connectivity index (χ3v) is 5.79. The average molecular weight is 350 g/mol. The molecule has 1 fully saturated rings. The number of amides is 1. The summed E-state index contributed by atoms with van der Waals surface area (Å²) in [4.78, 5) is 15.4. The second-order valence-electron chi connectivity index (χ2n) is 7.57. The monoisotopic (exact) mass is 350 g/mol. The van der Waals surface area contributed by atoms with Crippen molar-refractivity contribution in [1.29, 1.82) is 0 Å². The van der Waals surface area contributed by atoms with Crippen molar-refractivity contribution in [3.63, 3.8) is 0 Å². The van der Waals surface area contributed by atoms with E-state index in [0.29, 0.717) is 6.54 Å². The molecule has 136 valence electrons. The second-order valence-corrected chi connectivity index (χ2v) is 7.57. The zero-order valence-corrected chi connectivity index (χ0v) is 15.3. The largest absolute Gasteiger partial charge is 0.497 e. The Hall–Kier alpha value is -2.33. The molecule has 0 aromatic heterocycles. The molecule has 1 saturated heterocycles. The quantitative estimate of drug-likeness (QED) is 0.925. The van der Waals surface area contributed by atoms with Crippen molar-refractivity contribution in [2.45, 2.75) is 32.4 Å². The van der Waals surface area contributed by atoms with Gasteiger partial charge in [-0.15, -0.1) is 0 Å². The van der Waals surface area contributed by atoms with E-state index in [9.17, 15) is 4.79 Å². The SMILES string of the molecule is COc1ccc(CN2CCCC3(Cc4ccccc4CNC3=O)C2)cc1.